The number of benzene rings is 2. The highest BCUT2D eigenvalue weighted by atomic mass is 19.1. The highest BCUT2D eigenvalue weighted by Gasteiger charge is 2.49. The number of nitrogens with one attached hydrogen (secondary N) is 1. The summed E-state index contributed by atoms with van der Waals surface area (Å²) in [6.07, 6.45) is 7.02. The Bertz CT molecular complexity index is 1590. The van der Waals surface area contributed by atoms with Gasteiger partial charge in [0.25, 0.3) is 0 Å². The average Bonchev–Trinajstić information content (AvgIpc) is 3.73. The van der Waals surface area contributed by atoms with E-state index < -0.39 is 6.17 Å². The number of aryl methyl sites for hydroxylation is 1. The Morgan fingerprint density at radius 3 is 2.66 bits per heavy atom. The Kier molecular flexibility index (Phi) is 6.14. The lowest BCUT2D eigenvalue weighted by Crippen LogP contribution is -2.51. The molecule has 214 valence electrons. The van der Waals surface area contributed by atoms with Gasteiger partial charge >= 0.3 is 0 Å². The molecule has 0 amide bonds. The Balaban J connectivity index is 1.18. The van der Waals surface area contributed by atoms with Crippen LogP contribution in [0.1, 0.15) is 50.2 Å². The fourth-order valence-corrected chi connectivity index (χ4v) is 7.99. The van der Waals surface area contributed by atoms with E-state index in [1.807, 2.05) is 6.33 Å². The first kappa shape index (κ1) is 25.4. The number of hydrogen-bond acceptors (Lipinski definition) is 7. The number of fused-ring (bicyclic) bond motifs is 5. The SMILES string of the molecule is CCc1cccc2cccc(Cn3cnc4c(OC[C@@]56CCCN5C[C@H](F)C6)nc(N5C[C@H]6CC[C@@H](C5)N6)nc43)c12. The van der Waals surface area contributed by atoms with Gasteiger partial charge in [-0.3, -0.25) is 4.90 Å². The molecule has 4 saturated heterocycles. The number of nitrogens with zero attached hydrogens (tertiary/aromatic N) is 6. The molecule has 4 aromatic rings. The number of imidazole rings is 1. The summed E-state index contributed by atoms with van der Waals surface area (Å²) in [7, 11) is 0. The molecule has 8 rings (SSSR count). The third kappa shape index (κ3) is 4.36. The van der Waals surface area contributed by atoms with Crippen molar-refractivity contribution in [2.75, 3.05) is 37.7 Å². The molecule has 8 nitrogen and oxygen atoms in total. The Labute approximate surface area is 239 Å². The number of hydrogen-bond donors (Lipinski definition) is 1. The van der Waals surface area contributed by atoms with Crippen LogP contribution in [0.15, 0.2) is 42.7 Å². The number of rotatable bonds is 7. The lowest BCUT2D eigenvalue weighted by atomic mass is 9.95. The maximum absolute atomic E-state index is 14.5. The molecule has 2 aromatic heterocycles. The standard InChI is InChI=1S/C32H38FN7O/c1-2-21-6-3-7-22-8-4-9-23(27(21)22)15-39-20-34-28-29(39)36-31(38-17-25-10-11-26(18-38)35-25)37-30(28)41-19-32-12-5-13-40(32)16-24(33)14-32/h3-4,6-9,20,24-26,35H,2,5,10-19H2,1H3/t24-,25-,26+,32+/m1/s1. The molecule has 2 aromatic carbocycles. The zero-order valence-corrected chi connectivity index (χ0v) is 23.7. The molecular weight excluding hydrogens is 517 g/mol. The third-order valence-electron chi connectivity index (χ3n) is 9.96. The van der Waals surface area contributed by atoms with Crippen LogP contribution in [0.4, 0.5) is 10.3 Å². The van der Waals surface area contributed by atoms with Gasteiger partial charge in [0.15, 0.2) is 11.2 Å². The fraction of sp³-hybridized carbons (Fsp3) is 0.531. The summed E-state index contributed by atoms with van der Waals surface area (Å²) >= 11 is 0. The Morgan fingerprint density at radius 2 is 1.85 bits per heavy atom. The summed E-state index contributed by atoms with van der Waals surface area (Å²) in [6.45, 7) is 6.53. The van der Waals surface area contributed by atoms with Gasteiger partial charge in [-0.1, -0.05) is 43.3 Å². The molecule has 9 heteroatoms. The quantitative estimate of drug-likeness (QED) is 0.360. The van der Waals surface area contributed by atoms with Crippen LogP contribution in [0.5, 0.6) is 5.88 Å². The summed E-state index contributed by atoms with van der Waals surface area (Å²) in [5, 5.41) is 6.28. The first-order valence-corrected chi connectivity index (χ1v) is 15.3. The highest BCUT2D eigenvalue weighted by molar-refractivity contribution is 5.89. The van der Waals surface area contributed by atoms with E-state index >= 15 is 0 Å². The van der Waals surface area contributed by atoms with Gasteiger partial charge in [-0.05, 0) is 60.5 Å². The maximum atomic E-state index is 14.5. The number of anilines is 1. The van der Waals surface area contributed by atoms with Crippen LogP contribution in [0.25, 0.3) is 21.9 Å². The van der Waals surface area contributed by atoms with Crippen LogP contribution in [0.3, 0.4) is 0 Å². The molecule has 0 aliphatic carbocycles. The topological polar surface area (TPSA) is 71.3 Å². The first-order chi connectivity index (χ1) is 20.1. The zero-order valence-electron chi connectivity index (χ0n) is 23.7. The second kappa shape index (κ2) is 9.91. The zero-order chi connectivity index (χ0) is 27.6. The molecule has 0 spiro atoms. The molecule has 4 atom stereocenters. The van der Waals surface area contributed by atoms with Crippen LogP contribution >= 0.6 is 0 Å². The minimum atomic E-state index is -0.788. The number of alkyl halides is 1. The van der Waals surface area contributed by atoms with E-state index in [0.29, 0.717) is 55.5 Å². The van der Waals surface area contributed by atoms with Gasteiger partial charge < -0.3 is 19.5 Å². The van der Waals surface area contributed by atoms with E-state index in [2.05, 4.69) is 63.0 Å². The van der Waals surface area contributed by atoms with Crippen LogP contribution in [0.2, 0.25) is 0 Å². The van der Waals surface area contributed by atoms with Gasteiger partial charge in [-0.2, -0.15) is 9.97 Å². The molecule has 4 aliphatic heterocycles. The first-order valence-electron chi connectivity index (χ1n) is 15.3. The smallest absolute Gasteiger partial charge is 0.247 e. The highest BCUT2D eigenvalue weighted by Crippen LogP contribution is 2.41. The second-order valence-corrected chi connectivity index (χ2v) is 12.6. The Morgan fingerprint density at radius 1 is 1.05 bits per heavy atom. The van der Waals surface area contributed by atoms with Crippen molar-refractivity contribution in [1.29, 1.82) is 0 Å². The average molecular weight is 556 g/mol. The van der Waals surface area contributed by atoms with Crippen molar-refractivity contribution in [3.8, 4) is 5.88 Å². The van der Waals surface area contributed by atoms with Gasteiger partial charge in [-0.25, -0.2) is 9.37 Å². The summed E-state index contributed by atoms with van der Waals surface area (Å²) in [6, 6.07) is 14.0. The lowest BCUT2D eigenvalue weighted by Gasteiger charge is -2.33. The van der Waals surface area contributed by atoms with Crippen LogP contribution in [-0.2, 0) is 13.0 Å². The predicted molar refractivity (Wildman–Crippen MR) is 158 cm³/mol. The van der Waals surface area contributed by atoms with Gasteiger partial charge in [0, 0.05) is 38.1 Å². The largest absolute Gasteiger partial charge is 0.474 e. The summed E-state index contributed by atoms with van der Waals surface area (Å²) < 4.78 is 23.2. The van der Waals surface area contributed by atoms with Crippen molar-refractivity contribution in [2.45, 2.75) is 75.8 Å². The summed E-state index contributed by atoms with van der Waals surface area (Å²) in [5.41, 5.74) is 3.83. The van der Waals surface area contributed by atoms with Crippen molar-refractivity contribution in [3.05, 3.63) is 53.9 Å². The summed E-state index contributed by atoms with van der Waals surface area (Å²) in [4.78, 5) is 19.5. The van der Waals surface area contributed by atoms with Crippen LogP contribution in [-0.4, -0.2) is 81.0 Å². The molecule has 0 unspecified atom stereocenters. The number of piperazine rings is 1. The monoisotopic (exact) mass is 555 g/mol. The fourth-order valence-electron chi connectivity index (χ4n) is 7.99. The minimum Gasteiger partial charge on any atom is -0.474 e. The van der Waals surface area contributed by atoms with Crippen molar-refractivity contribution in [2.24, 2.45) is 0 Å². The molecule has 4 aliphatic rings. The van der Waals surface area contributed by atoms with Gasteiger partial charge in [0.1, 0.15) is 12.8 Å². The van der Waals surface area contributed by atoms with Gasteiger partial charge in [0.05, 0.1) is 18.4 Å². The maximum Gasteiger partial charge on any atom is 0.247 e. The molecule has 1 N–H and O–H groups in total. The predicted octanol–water partition coefficient (Wildman–Crippen LogP) is 4.49. The van der Waals surface area contributed by atoms with E-state index in [1.165, 1.54) is 34.7 Å². The molecule has 6 heterocycles. The third-order valence-corrected chi connectivity index (χ3v) is 9.96. The van der Waals surface area contributed by atoms with E-state index in [0.717, 1.165) is 44.5 Å². The molecule has 2 bridgehead atoms. The number of ether oxygens (including phenoxy) is 1. The number of aromatic nitrogens is 4. The normalized spacial score (nSPS) is 27.8. The lowest BCUT2D eigenvalue weighted by molar-refractivity contribution is 0.111. The van der Waals surface area contributed by atoms with Gasteiger partial charge in [-0.15, -0.1) is 0 Å². The van der Waals surface area contributed by atoms with Crippen molar-refractivity contribution < 1.29 is 9.13 Å². The van der Waals surface area contributed by atoms with E-state index in [9.17, 15) is 4.39 Å². The van der Waals surface area contributed by atoms with E-state index in [1.54, 1.807) is 0 Å². The van der Waals surface area contributed by atoms with Crippen molar-refractivity contribution in [3.63, 3.8) is 0 Å². The molecule has 41 heavy (non-hydrogen) atoms. The summed E-state index contributed by atoms with van der Waals surface area (Å²) in [5.74, 6) is 1.22. The molecule has 0 radical (unpaired) electrons. The molecule has 0 saturated carbocycles. The van der Waals surface area contributed by atoms with Crippen LogP contribution < -0.4 is 15.0 Å². The van der Waals surface area contributed by atoms with Crippen LogP contribution in [0, 0.1) is 0 Å². The number of halogens is 1. The van der Waals surface area contributed by atoms with Crippen molar-refractivity contribution >= 4 is 27.9 Å². The molecular formula is C32H38FN7O. The van der Waals surface area contributed by atoms with Crippen molar-refractivity contribution in [1.82, 2.24) is 29.7 Å². The Hall–Kier alpha value is -3.30. The molecule has 4 fully saturated rings. The van der Waals surface area contributed by atoms with E-state index in [4.69, 9.17) is 19.7 Å². The van der Waals surface area contributed by atoms with Gasteiger partial charge in [0.2, 0.25) is 11.8 Å². The second-order valence-electron chi connectivity index (χ2n) is 12.6. The minimum absolute atomic E-state index is 0.243. The van der Waals surface area contributed by atoms with E-state index in [-0.39, 0.29) is 5.54 Å².